The van der Waals surface area contributed by atoms with E-state index in [4.69, 9.17) is 0 Å². The number of piperazine rings is 1. The average molecular weight is 390 g/mol. The number of carbonyl (C=O) groups is 3. The normalized spacial score (nSPS) is 32.6. The highest BCUT2D eigenvalue weighted by Gasteiger charge is 2.48. The molecule has 0 spiro atoms. The summed E-state index contributed by atoms with van der Waals surface area (Å²) >= 11 is 0. The van der Waals surface area contributed by atoms with Crippen LogP contribution >= 0.6 is 0 Å². The molecule has 6 nitrogen and oxygen atoms in total. The number of amides is 3. The fourth-order valence-electron chi connectivity index (χ4n) is 5.88. The molecular formula is C22H35N3O3. The number of hydrogen-bond acceptors (Lipinski definition) is 3. The molecule has 156 valence electrons. The van der Waals surface area contributed by atoms with Gasteiger partial charge in [-0.2, -0.15) is 0 Å². The van der Waals surface area contributed by atoms with E-state index in [1.807, 2.05) is 4.90 Å². The van der Waals surface area contributed by atoms with Gasteiger partial charge in [0.25, 0.3) is 0 Å². The maximum Gasteiger partial charge on any atom is 0.243 e. The van der Waals surface area contributed by atoms with Gasteiger partial charge in [0, 0.05) is 31.6 Å². The highest BCUT2D eigenvalue weighted by atomic mass is 16.2. The van der Waals surface area contributed by atoms with Gasteiger partial charge in [-0.05, 0) is 62.4 Å². The lowest BCUT2D eigenvalue weighted by molar-refractivity contribution is -0.152. The molecule has 6 heteroatoms. The van der Waals surface area contributed by atoms with Crippen molar-refractivity contribution in [2.45, 2.75) is 52.4 Å². The minimum atomic E-state index is -0.343. The summed E-state index contributed by atoms with van der Waals surface area (Å²) in [6.07, 6.45) is 7.99. The molecule has 2 aliphatic carbocycles. The first kappa shape index (κ1) is 20.9. The van der Waals surface area contributed by atoms with Crippen molar-refractivity contribution in [3.8, 4) is 0 Å². The molecule has 2 bridgehead atoms. The molecule has 2 atom stereocenters. The zero-order chi connectivity index (χ0) is 20.3. The molecule has 2 unspecified atom stereocenters. The molecule has 1 N–H and O–H groups in total. The number of hydrogen-bond donors (Lipinski definition) is 1. The zero-order valence-corrected chi connectivity index (χ0v) is 17.4. The smallest absolute Gasteiger partial charge is 0.243 e. The summed E-state index contributed by atoms with van der Waals surface area (Å²) < 4.78 is 0. The third-order valence-electron chi connectivity index (χ3n) is 7.15. The molecule has 0 aromatic rings. The molecular weight excluding hydrogens is 354 g/mol. The molecule has 3 aliphatic rings. The summed E-state index contributed by atoms with van der Waals surface area (Å²) in [4.78, 5) is 40.7. The Kier molecular flexibility index (Phi) is 6.46. The summed E-state index contributed by atoms with van der Waals surface area (Å²) in [6, 6.07) is 0. The Morgan fingerprint density at radius 2 is 1.61 bits per heavy atom. The third-order valence-corrected chi connectivity index (χ3v) is 7.15. The van der Waals surface area contributed by atoms with Crippen molar-refractivity contribution in [3.63, 3.8) is 0 Å². The number of carbonyl (C=O) groups excluding carboxylic acids is 3. The highest BCUT2D eigenvalue weighted by molar-refractivity contribution is 5.91. The standard InChI is InChI=1S/C22H35N3O3/c1-4-19(26)23-15-20(27)24-6-8-25(9-7-24)21(28)22(5-2)13-17-10-16(3)11-18(12-17)14-22/h4,16-18H,1,5-15H2,2-3H3,(H,23,26). The summed E-state index contributed by atoms with van der Waals surface area (Å²) in [6.45, 7) is 10.2. The van der Waals surface area contributed by atoms with Gasteiger partial charge in [-0.15, -0.1) is 0 Å². The van der Waals surface area contributed by atoms with Crippen molar-refractivity contribution in [1.29, 1.82) is 0 Å². The van der Waals surface area contributed by atoms with Gasteiger partial charge in [0.2, 0.25) is 17.7 Å². The Labute approximate surface area is 168 Å². The van der Waals surface area contributed by atoms with E-state index in [-0.39, 0.29) is 23.8 Å². The monoisotopic (exact) mass is 389 g/mol. The van der Waals surface area contributed by atoms with E-state index in [0.717, 1.165) is 31.3 Å². The van der Waals surface area contributed by atoms with Gasteiger partial charge in [-0.1, -0.05) is 20.4 Å². The zero-order valence-electron chi connectivity index (χ0n) is 17.4. The van der Waals surface area contributed by atoms with Crippen LogP contribution in [-0.2, 0) is 14.4 Å². The molecule has 2 saturated carbocycles. The summed E-state index contributed by atoms with van der Waals surface area (Å²) in [5.41, 5.74) is -0.197. The Bertz CT molecular complexity index is 607. The molecule has 0 aromatic heterocycles. The summed E-state index contributed by atoms with van der Waals surface area (Å²) in [5, 5.41) is 2.53. The van der Waals surface area contributed by atoms with Crippen molar-refractivity contribution >= 4 is 17.7 Å². The van der Waals surface area contributed by atoms with E-state index in [0.29, 0.717) is 43.9 Å². The third kappa shape index (κ3) is 4.41. The van der Waals surface area contributed by atoms with Crippen LogP contribution in [0.15, 0.2) is 12.7 Å². The minimum Gasteiger partial charge on any atom is -0.343 e. The Hall–Kier alpha value is -1.85. The molecule has 1 heterocycles. The number of nitrogens with one attached hydrogen (secondary N) is 1. The Balaban J connectivity index is 1.56. The van der Waals surface area contributed by atoms with Crippen LogP contribution in [0.1, 0.15) is 52.4 Å². The van der Waals surface area contributed by atoms with Crippen molar-refractivity contribution in [2.75, 3.05) is 32.7 Å². The molecule has 0 aromatic carbocycles. The van der Waals surface area contributed by atoms with Crippen LogP contribution in [0.3, 0.4) is 0 Å². The lowest BCUT2D eigenvalue weighted by atomic mass is 9.57. The summed E-state index contributed by atoms with van der Waals surface area (Å²) in [5.74, 6) is 2.06. The van der Waals surface area contributed by atoms with Crippen LogP contribution in [0.5, 0.6) is 0 Å². The first-order valence-corrected chi connectivity index (χ1v) is 10.8. The van der Waals surface area contributed by atoms with Crippen LogP contribution in [-0.4, -0.2) is 60.2 Å². The molecule has 3 rings (SSSR count). The van der Waals surface area contributed by atoms with Crippen LogP contribution in [0.4, 0.5) is 0 Å². The first-order valence-electron chi connectivity index (χ1n) is 10.8. The van der Waals surface area contributed by atoms with Gasteiger partial charge in [0.1, 0.15) is 0 Å². The quantitative estimate of drug-likeness (QED) is 0.733. The van der Waals surface area contributed by atoms with E-state index >= 15 is 0 Å². The van der Waals surface area contributed by atoms with E-state index in [1.54, 1.807) is 4.90 Å². The van der Waals surface area contributed by atoms with Gasteiger partial charge in [-0.3, -0.25) is 14.4 Å². The largest absolute Gasteiger partial charge is 0.343 e. The van der Waals surface area contributed by atoms with Gasteiger partial charge >= 0.3 is 0 Å². The molecule has 3 amide bonds. The molecule has 28 heavy (non-hydrogen) atoms. The SMILES string of the molecule is C=CC(=O)NCC(=O)N1CCN(C(=O)C2(CC)CC3CC(C)CC(C3)C2)CC1. The lowest BCUT2D eigenvalue weighted by Crippen LogP contribution is -2.56. The lowest BCUT2D eigenvalue weighted by Gasteiger charge is -2.50. The van der Waals surface area contributed by atoms with Crippen LogP contribution in [0, 0.1) is 23.2 Å². The van der Waals surface area contributed by atoms with Crippen molar-refractivity contribution in [3.05, 3.63) is 12.7 Å². The second-order valence-corrected chi connectivity index (χ2v) is 9.18. The van der Waals surface area contributed by atoms with Crippen LogP contribution < -0.4 is 5.32 Å². The average Bonchev–Trinajstić information content (AvgIpc) is 2.70. The summed E-state index contributed by atoms with van der Waals surface area (Å²) in [7, 11) is 0. The molecule has 1 saturated heterocycles. The van der Waals surface area contributed by atoms with Crippen molar-refractivity contribution in [1.82, 2.24) is 15.1 Å². The van der Waals surface area contributed by atoms with E-state index in [2.05, 4.69) is 25.7 Å². The van der Waals surface area contributed by atoms with Crippen molar-refractivity contribution < 1.29 is 14.4 Å². The second kappa shape index (κ2) is 8.66. The predicted molar refractivity (Wildman–Crippen MR) is 108 cm³/mol. The van der Waals surface area contributed by atoms with E-state index in [1.165, 1.54) is 19.3 Å². The van der Waals surface area contributed by atoms with Gasteiger partial charge in [0.05, 0.1) is 6.54 Å². The maximum atomic E-state index is 13.5. The predicted octanol–water partition coefficient (Wildman–Crippen LogP) is 2.20. The van der Waals surface area contributed by atoms with Crippen LogP contribution in [0.2, 0.25) is 0 Å². The Morgan fingerprint density at radius 3 is 2.14 bits per heavy atom. The fourth-order valence-corrected chi connectivity index (χ4v) is 5.88. The number of nitrogens with zero attached hydrogens (tertiary/aromatic N) is 2. The molecule has 1 aliphatic heterocycles. The van der Waals surface area contributed by atoms with E-state index < -0.39 is 0 Å². The topological polar surface area (TPSA) is 69.7 Å². The van der Waals surface area contributed by atoms with Gasteiger partial charge in [-0.25, -0.2) is 0 Å². The molecule has 0 radical (unpaired) electrons. The first-order chi connectivity index (χ1) is 13.4. The molecule has 3 fully saturated rings. The Morgan fingerprint density at radius 1 is 1.04 bits per heavy atom. The number of rotatable bonds is 5. The van der Waals surface area contributed by atoms with Crippen LogP contribution in [0.25, 0.3) is 0 Å². The maximum absolute atomic E-state index is 13.5. The van der Waals surface area contributed by atoms with Gasteiger partial charge in [0.15, 0.2) is 0 Å². The fraction of sp³-hybridized carbons (Fsp3) is 0.773. The highest BCUT2D eigenvalue weighted by Crippen LogP contribution is 2.52. The minimum absolute atomic E-state index is 0.0146. The van der Waals surface area contributed by atoms with Crippen molar-refractivity contribution in [2.24, 2.45) is 23.2 Å². The second-order valence-electron chi connectivity index (χ2n) is 9.18. The van der Waals surface area contributed by atoms with Gasteiger partial charge < -0.3 is 15.1 Å². The number of fused-ring (bicyclic) bond motifs is 2. The van der Waals surface area contributed by atoms with E-state index in [9.17, 15) is 14.4 Å².